The highest BCUT2D eigenvalue weighted by Crippen LogP contribution is 2.59. The van der Waals surface area contributed by atoms with Crippen LogP contribution in [0.4, 0.5) is 0 Å². The van der Waals surface area contributed by atoms with E-state index in [-0.39, 0.29) is 24.5 Å². The zero-order valence-corrected chi connectivity index (χ0v) is 20.6. The Morgan fingerprint density at radius 2 is 1.92 bits per heavy atom. The average molecular weight is 497 g/mol. The number of aliphatic carboxylic acids is 1. The summed E-state index contributed by atoms with van der Waals surface area (Å²) in [5, 5.41) is 20.5. The molecule has 0 aromatic heterocycles. The quantitative estimate of drug-likeness (QED) is 0.509. The summed E-state index contributed by atoms with van der Waals surface area (Å²) in [4.78, 5) is 44.1. The molecule has 2 bridgehead atoms. The molecule has 1 spiro atoms. The third-order valence-corrected chi connectivity index (χ3v) is 8.80. The monoisotopic (exact) mass is 496 g/mol. The lowest BCUT2D eigenvalue weighted by Gasteiger charge is -2.42. The molecule has 8 nitrogen and oxygen atoms in total. The van der Waals surface area contributed by atoms with E-state index in [1.807, 2.05) is 35.2 Å². The first-order valence-corrected chi connectivity index (χ1v) is 13.2. The average Bonchev–Trinajstić information content (AvgIpc) is 3.54. The number of benzene rings is 1. The van der Waals surface area contributed by atoms with Crippen LogP contribution in [0.25, 0.3) is 0 Å². The minimum absolute atomic E-state index is 0.0484. The number of rotatable bonds is 9. The zero-order valence-electron chi connectivity index (χ0n) is 20.6. The van der Waals surface area contributed by atoms with Gasteiger partial charge in [-0.25, -0.2) is 0 Å². The number of aliphatic hydroxyl groups is 1. The number of fused-ring (bicyclic) bond motifs is 1. The van der Waals surface area contributed by atoms with Crippen LogP contribution in [0.2, 0.25) is 0 Å². The Morgan fingerprint density at radius 1 is 1.19 bits per heavy atom. The van der Waals surface area contributed by atoms with Crippen molar-refractivity contribution in [3.63, 3.8) is 0 Å². The maximum absolute atomic E-state index is 14.4. The van der Waals surface area contributed by atoms with Gasteiger partial charge in [0.25, 0.3) is 0 Å². The number of carbonyl (C=O) groups excluding carboxylic acids is 2. The summed E-state index contributed by atoms with van der Waals surface area (Å²) >= 11 is 0. The lowest BCUT2D eigenvalue weighted by atomic mass is 9.70. The van der Waals surface area contributed by atoms with Crippen LogP contribution in [0.3, 0.4) is 0 Å². The Bertz CT molecular complexity index is 1010. The molecule has 0 radical (unpaired) electrons. The number of ether oxygens (including phenoxy) is 1. The lowest BCUT2D eigenvalue weighted by molar-refractivity contribution is -0.154. The molecule has 3 saturated heterocycles. The van der Waals surface area contributed by atoms with E-state index in [2.05, 4.69) is 6.58 Å². The fourth-order valence-corrected chi connectivity index (χ4v) is 7.29. The standard InChI is InChI=1S/C28H36N2O6/c1-2-15-29(19-11-7-4-8-12-19)26(33)24-28-14-13-21(36-28)22(27(34)35)23(28)25(32)30(24)20(17-31)16-18-9-5-3-6-10-18/h2-3,5-6,9-10,19-24,31H,1,4,7-8,11-17H2,(H,34,35)/t20-,21+,22-,23-,24+,28-/m1/s1. The molecule has 2 N–H and O–H groups in total. The van der Waals surface area contributed by atoms with E-state index in [0.29, 0.717) is 25.8 Å². The second-order valence-electron chi connectivity index (χ2n) is 10.7. The van der Waals surface area contributed by atoms with Gasteiger partial charge in [-0.15, -0.1) is 6.58 Å². The summed E-state index contributed by atoms with van der Waals surface area (Å²) in [6.07, 6.45) is 7.48. The molecule has 3 aliphatic heterocycles. The van der Waals surface area contributed by atoms with Crippen molar-refractivity contribution in [2.24, 2.45) is 11.8 Å². The van der Waals surface area contributed by atoms with E-state index in [9.17, 15) is 24.6 Å². The Kier molecular flexibility index (Phi) is 6.92. The van der Waals surface area contributed by atoms with Gasteiger partial charge in [-0.2, -0.15) is 0 Å². The normalized spacial score (nSPS) is 32.4. The van der Waals surface area contributed by atoms with Gasteiger partial charge >= 0.3 is 5.97 Å². The van der Waals surface area contributed by atoms with Crippen LogP contribution in [0.5, 0.6) is 0 Å². The molecule has 3 heterocycles. The summed E-state index contributed by atoms with van der Waals surface area (Å²) in [5.74, 6) is -3.57. The minimum atomic E-state index is -1.18. The van der Waals surface area contributed by atoms with Crippen molar-refractivity contribution in [2.75, 3.05) is 13.2 Å². The second-order valence-corrected chi connectivity index (χ2v) is 10.7. The van der Waals surface area contributed by atoms with E-state index >= 15 is 0 Å². The van der Waals surface area contributed by atoms with E-state index in [4.69, 9.17) is 4.74 Å². The molecular weight excluding hydrogens is 460 g/mol. The van der Waals surface area contributed by atoms with Gasteiger partial charge < -0.3 is 24.7 Å². The molecule has 4 aliphatic rings. The SMILES string of the molecule is C=CCN(C(=O)[C@@H]1N([C@@H](CO)Cc2ccccc2)C(=O)[C@H]2[C@H](C(=O)O)[C@@H]3CC[C@]12O3)C1CCCCC1. The Morgan fingerprint density at radius 3 is 2.56 bits per heavy atom. The van der Waals surface area contributed by atoms with Gasteiger partial charge in [-0.05, 0) is 37.7 Å². The van der Waals surface area contributed by atoms with Gasteiger partial charge in [-0.3, -0.25) is 14.4 Å². The summed E-state index contributed by atoms with van der Waals surface area (Å²) in [5.41, 5.74) is -0.250. The predicted octanol–water partition coefficient (Wildman–Crippen LogP) is 2.40. The molecule has 1 aromatic carbocycles. The van der Waals surface area contributed by atoms with Gasteiger partial charge in [0.1, 0.15) is 11.6 Å². The van der Waals surface area contributed by atoms with Crippen LogP contribution in [-0.4, -0.2) is 80.8 Å². The van der Waals surface area contributed by atoms with Gasteiger partial charge in [0, 0.05) is 12.6 Å². The van der Waals surface area contributed by atoms with E-state index in [1.165, 1.54) is 4.90 Å². The number of hydrogen-bond acceptors (Lipinski definition) is 5. The number of carboxylic acids is 1. The lowest BCUT2D eigenvalue weighted by Crippen LogP contribution is -2.60. The molecule has 0 unspecified atom stereocenters. The number of likely N-dealkylation sites (tertiary alicyclic amines) is 1. The van der Waals surface area contributed by atoms with Crippen molar-refractivity contribution in [1.82, 2.24) is 9.80 Å². The van der Waals surface area contributed by atoms with Crippen LogP contribution < -0.4 is 0 Å². The van der Waals surface area contributed by atoms with E-state index < -0.39 is 41.6 Å². The van der Waals surface area contributed by atoms with Crippen LogP contribution in [0.1, 0.15) is 50.5 Å². The number of aliphatic hydroxyl groups excluding tert-OH is 1. The highest BCUT2D eigenvalue weighted by molar-refractivity contribution is 5.98. The number of nitrogens with zero attached hydrogens (tertiary/aromatic N) is 2. The fraction of sp³-hybridized carbons (Fsp3) is 0.607. The molecule has 8 heteroatoms. The number of hydrogen-bond donors (Lipinski definition) is 2. The van der Waals surface area contributed by atoms with E-state index in [1.54, 1.807) is 6.08 Å². The first-order valence-electron chi connectivity index (χ1n) is 13.2. The highest BCUT2D eigenvalue weighted by atomic mass is 16.5. The number of carboxylic acid groups (broad SMARTS) is 1. The van der Waals surface area contributed by atoms with Crippen molar-refractivity contribution in [3.8, 4) is 0 Å². The molecular formula is C28H36N2O6. The summed E-state index contributed by atoms with van der Waals surface area (Å²) in [6.45, 7) is 3.89. The van der Waals surface area contributed by atoms with Crippen molar-refractivity contribution < 1.29 is 29.3 Å². The molecule has 36 heavy (non-hydrogen) atoms. The van der Waals surface area contributed by atoms with Gasteiger partial charge in [-0.1, -0.05) is 55.7 Å². The van der Waals surface area contributed by atoms with Gasteiger partial charge in [0.2, 0.25) is 11.8 Å². The maximum Gasteiger partial charge on any atom is 0.310 e. The smallest absolute Gasteiger partial charge is 0.310 e. The Labute approximate surface area is 211 Å². The minimum Gasteiger partial charge on any atom is -0.481 e. The predicted molar refractivity (Wildman–Crippen MR) is 132 cm³/mol. The van der Waals surface area contributed by atoms with Crippen molar-refractivity contribution >= 4 is 17.8 Å². The van der Waals surface area contributed by atoms with Crippen LogP contribution >= 0.6 is 0 Å². The fourth-order valence-electron chi connectivity index (χ4n) is 7.29. The zero-order chi connectivity index (χ0) is 25.4. The molecule has 2 amide bonds. The topological polar surface area (TPSA) is 107 Å². The summed E-state index contributed by atoms with van der Waals surface area (Å²) in [6, 6.07) is 7.95. The van der Waals surface area contributed by atoms with Crippen molar-refractivity contribution in [3.05, 3.63) is 48.6 Å². The van der Waals surface area contributed by atoms with Crippen LogP contribution in [-0.2, 0) is 25.5 Å². The summed E-state index contributed by atoms with van der Waals surface area (Å²) in [7, 11) is 0. The largest absolute Gasteiger partial charge is 0.481 e. The van der Waals surface area contributed by atoms with Crippen molar-refractivity contribution in [1.29, 1.82) is 0 Å². The third-order valence-electron chi connectivity index (χ3n) is 8.80. The van der Waals surface area contributed by atoms with Gasteiger partial charge in [0.15, 0.2) is 0 Å². The Balaban J connectivity index is 1.56. The molecule has 194 valence electrons. The van der Waals surface area contributed by atoms with E-state index in [0.717, 1.165) is 37.7 Å². The molecule has 1 aromatic rings. The maximum atomic E-state index is 14.4. The molecule has 1 saturated carbocycles. The molecule has 6 atom stereocenters. The van der Waals surface area contributed by atoms with Crippen LogP contribution in [0.15, 0.2) is 43.0 Å². The molecule has 4 fully saturated rings. The first kappa shape index (κ1) is 25.0. The second kappa shape index (κ2) is 9.98. The Hall–Kier alpha value is -2.71. The third kappa shape index (κ3) is 3.95. The summed E-state index contributed by atoms with van der Waals surface area (Å²) < 4.78 is 6.35. The number of amides is 2. The molecule has 1 aliphatic carbocycles. The van der Waals surface area contributed by atoms with Gasteiger partial charge in [0.05, 0.1) is 30.6 Å². The molecule has 5 rings (SSSR count). The number of carbonyl (C=O) groups is 3. The van der Waals surface area contributed by atoms with Crippen LogP contribution in [0, 0.1) is 11.8 Å². The van der Waals surface area contributed by atoms with Crippen molar-refractivity contribution in [2.45, 2.75) is 81.2 Å². The first-order chi connectivity index (χ1) is 17.4. The highest BCUT2D eigenvalue weighted by Gasteiger charge is 2.75.